The minimum atomic E-state index is -1.09. The average molecular weight is 441 g/mol. The molecule has 0 unspecified atom stereocenters. The monoisotopic (exact) mass is 441 g/mol. The van der Waals surface area contributed by atoms with Crippen molar-refractivity contribution in [2.24, 2.45) is 12.5 Å². The van der Waals surface area contributed by atoms with Gasteiger partial charge in [-0.15, -0.1) is 0 Å². The predicted molar refractivity (Wildman–Crippen MR) is 127 cm³/mol. The molecule has 1 aromatic carbocycles. The van der Waals surface area contributed by atoms with Crippen LogP contribution in [0.25, 0.3) is 22.2 Å². The van der Waals surface area contributed by atoms with Gasteiger partial charge in [-0.3, -0.25) is 14.4 Å². The van der Waals surface area contributed by atoms with Crippen LogP contribution >= 0.6 is 0 Å². The minimum Gasteiger partial charge on any atom is -0.357 e. The lowest BCUT2D eigenvalue weighted by molar-refractivity contribution is -0.131. The van der Waals surface area contributed by atoms with Gasteiger partial charge in [0.25, 0.3) is 5.56 Å². The number of para-hydroxylation sites is 1. The summed E-state index contributed by atoms with van der Waals surface area (Å²) in [5.74, 6) is -0.326. The number of aromatic amines is 1. The fraction of sp³-hybridized carbons (Fsp3) is 0.200. The van der Waals surface area contributed by atoms with Crippen LogP contribution in [-0.4, -0.2) is 26.3 Å². The second-order valence-electron chi connectivity index (χ2n) is 8.44. The highest BCUT2D eigenvalue weighted by molar-refractivity contribution is 6.16. The molecule has 0 radical (unpaired) electrons. The van der Waals surface area contributed by atoms with Gasteiger partial charge in [-0.1, -0.05) is 24.3 Å². The van der Waals surface area contributed by atoms with Crippen molar-refractivity contribution < 1.29 is 9.59 Å². The molecule has 8 heteroatoms. The van der Waals surface area contributed by atoms with Crippen LogP contribution in [0.5, 0.6) is 0 Å². The molecule has 4 aromatic rings. The summed E-state index contributed by atoms with van der Waals surface area (Å²) in [6.07, 6.45) is 4.44. The van der Waals surface area contributed by atoms with Crippen LogP contribution in [0.4, 0.5) is 11.5 Å². The third kappa shape index (κ3) is 3.59. The summed E-state index contributed by atoms with van der Waals surface area (Å²) in [5, 5.41) is 6.42. The van der Waals surface area contributed by atoms with Gasteiger partial charge in [0.2, 0.25) is 11.8 Å². The highest BCUT2D eigenvalue weighted by Gasteiger charge is 2.56. The summed E-state index contributed by atoms with van der Waals surface area (Å²) in [4.78, 5) is 46.0. The van der Waals surface area contributed by atoms with E-state index in [1.165, 1.54) is 4.57 Å². The molecule has 5 rings (SSSR count). The zero-order chi connectivity index (χ0) is 23.2. The zero-order valence-corrected chi connectivity index (χ0v) is 18.3. The van der Waals surface area contributed by atoms with Crippen LogP contribution in [0.15, 0.2) is 65.7 Å². The van der Waals surface area contributed by atoms with Gasteiger partial charge in [-0.2, -0.15) is 0 Å². The minimum absolute atomic E-state index is 0.124. The van der Waals surface area contributed by atoms with Gasteiger partial charge in [0.05, 0.1) is 5.69 Å². The van der Waals surface area contributed by atoms with Gasteiger partial charge < -0.3 is 20.2 Å². The second kappa shape index (κ2) is 7.74. The number of amides is 2. The van der Waals surface area contributed by atoms with E-state index in [-0.39, 0.29) is 17.4 Å². The largest absolute Gasteiger partial charge is 0.357 e. The molecule has 166 valence electrons. The van der Waals surface area contributed by atoms with Crippen molar-refractivity contribution in [1.82, 2.24) is 14.5 Å². The van der Waals surface area contributed by atoms with E-state index in [0.29, 0.717) is 35.6 Å². The molecule has 0 spiro atoms. The molecule has 3 aromatic heterocycles. The van der Waals surface area contributed by atoms with Crippen LogP contribution < -0.4 is 16.2 Å². The van der Waals surface area contributed by atoms with Crippen LogP contribution in [-0.2, 0) is 16.6 Å². The molecule has 0 bridgehead atoms. The average Bonchev–Trinajstić information content (AvgIpc) is 3.49. The Hall–Kier alpha value is -4.20. The van der Waals surface area contributed by atoms with Crippen LogP contribution in [0.2, 0.25) is 0 Å². The number of fused-ring (bicyclic) bond motifs is 1. The number of carbonyl (C=O) groups is 2. The molecule has 3 heterocycles. The maximum absolute atomic E-state index is 13.1. The molecule has 33 heavy (non-hydrogen) atoms. The summed E-state index contributed by atoms with van der Waals surface area (Å²) in [6.45, 7) is 1.92. The van der Waals surface area contributed by atoms with E-state index in [9.17, 15) is 14.4 Å². The number of carbonyl (C=O) groups excluding carboxylic acids is 2. The first-order chi connectivity index (χ1) is 15.9. The highest BCUT2D eigenvalue weighted by Crippen LogP contribution is 2.47. The molecule has 1 aliphatic rings. The Morgan fingerprint density at radius 3 is 2.48 bits per heavy atom. The Balaban J connectivity index is 1.43. The third-order valence-corrected chi connectivity index (χ3v) is 6.14. The van der Waals surface area contributed by atoms with Crippen molar-refractivity contribution >= 4 is 34.2 Å². The maximum atomic E-state index is 13.1. The molecule has 8 nitrogen and oxygen atoms in total. The van der Waals surface area contributed by atoms with E-state index >= 15 is 0 Å². The van der Waals surface area contributed by atoms with Crippen molar-refractivity contribution in [2.75, 3.05) is 10.6 Å². The lowest BCUT2D eigenvalue weighted by atomic mass is 10.0. The van der Waals surface area contributed by atoms with Gasteiger partial charge in [-0.05, 0) is 49.6 Å². The third-order valence-electron chi connectivity index (χ3n) is 6.14. The fourth-order valence-corrected chi connectivity index (χ4v) is 4.02. The van der Waals surface area contributed by atoms with Crippen molar-refractivity contribution in [3.05, 3.63) is 76.8 Å². The molecule has 1 saturated carbocycles. The smallest absolute Gasteiger partial charge is 0.274 e. The van der Waals surface area contributed by atoms with E-state index in [4.69, 9.17) is 0 Å². The number of H-pyrrole nitrogens is 1. The summed E-state index contributed by atoms with van der Waals surface area (Å²) >= 11 is 0. The summed E-state index contributed by atoms with van der Waals surface area (Å²) in [7, 11) is 1.69. The van der Waals surface area contributed by atoms with Crippen molar-refractivity contribution in [3.8, 4) is 11.3 Å². The Bertz CT molecular complexity index is 1450. The van der Waals surface area contributed by atoms with E-state index in [0.717, 1.165) is 16.5 Å². The molecule has 0 aliphatic heterocycles. The lowest BCUT2D eigenvalue weighted by Crippen LogP contribution is -2.35. The maximum Gasteiger partial charge on any atom is 0.274 e. The standard InChI is InChI=1S/C25H23N5O3/c1-15-8-9-19(28-20(15)18-14-30(2)22(31)21-17(18)10-13-26-21)29-24(33)25(11-12-25)23(32)27-16-6-4-3-5-7-16/h3-10,13-14,26H,11-12H2,1-2H3,(H,27,32)(H,28,29,33). The SMILES string of the molecule is Cc1ccc(NC(=O)C2(C(=O)Nc3ccccc3)CC2)nc1-c1cn(C)c(=O)c2[nH]ccc12. The number of benzene rings is 1. The number of aryl methyl sites for hydroxylation is 2. The van der Waals surface area contributed by atoms with Gasteiger partial charge in [0.15, 0.2) is 0 Å². The topological polar surface area (TPSA) is 109 Å². The molecule has 0 saturated heterocycles. The van der Waals surface area contributed by atoms with Crippen LogP contribution in [0, 0.1) is 12.3 Å². The van der Waals surface area contributed by atoms with E-state index in [1.54, 1.807) is 37.6 Å². The number of nitrogens with zero attached hydrogens (tertiary/aromatic N) is 2. The zero-order valence-electron chi connectivity index (χ0n) is 18.3. The van der Waals surface area contributed by atoms with E-state index in [2.05, 4.69) is 20.6 Å². The van der Waals surface area contributed by atoms with Crippen molar-refractivity contribution in [1.29, 1.82) is 0 Å². The quantitative estimate of drug-likeness (QED) is 0.411. The van der Waals surface area contributed by atoms with E-state index < -0.39 is 5.41 Å². The summed E-state index contributed by atoms with van der Waals surface area (Å²) in [6, 6.07) is 14.5. The van der Waals surface area contributed by atoms with Gasteiger partial charge >= 0.3 is 0 Å². The van der Waals surface area contributed by atoms with Gasteiger partial charge in [0.1, 0.15) is 16.7 Å². The van der Waals surface area contributed by atoms with Crippen molar-refractivity contribution in [3.63, 3.8) is 0 Å². The summed E-state index contributed by atoms with van der Waals surface area (Å²) < 4.78 is 1.51. The number of rotatable bonds is 5. The lowest BCUT2D eigenvalue weighted by Gasteiger charge is -2.16. The molecular weight excluding hydrogens is 418 g/mol. The van der Waals surface area contributed by atoms with Crippen molar-refractivity contribution in [2.45, 2.75) is 19.8 Å². The van der Waals surface area contributed by atoms with Crippen LogP contribution in [0.1, 0.15) is 18.4 Å². The van der Waals surface area contributed by atoms with E-state index in [1.807, 2.05) is 37.3 Å². The summed E-state index contributed by atoms with van der Waals surface area (Å²) in [5.41, 5.74) is 2.28. The second-order valence-corrected chi connectivity index (χ2v) is 8.44. The van der Waals surface area contributed by atoms with Gasteiger partial charge in [-0.25, -0.2) is 4.98 Å². The number of nitrogens with one attached hydrogen (secondary N) is 3. The molecule has 1 fully saturated rings. The first-order valence-corrected chi connectivity index (χ1v) is 10.7. The Labute approximate surface area is 189 Å². The predicted octanol–water partition coefficient (Wildman–Crippen LogP) is 3.59. The number of aromatic nitrogens is 3. The first-order valence-electron chi connectivity index (χ1n) is 10.7. The Morgan fingerprint density at radius 1 is 1.03 bits per heavy atom. The number of anilines is 2. The molecule has 2 amide bonds. The number of pyridine rings is 2. The molecule has 0 atom stereocenters. The van der Waals surface area contributed by atoms with Crippen LogP contribution in [0.3, 0.4) is 0 Å². The number of hydrogen-bond donors (Lipinski definition) is 3. The fourth-order valence-electron chi connectivity index (χ4n) is 4.02. The Morgan fingerprint density at radius 2 is 1.76 bits per heavy atom. The Kier molecular flexibility index (Phi) is 4.85. The first kappa shape index (κ1) is 20.7. The van der Waals surface area contributed by atoms with Gasteiger partial charge in [0, 0.05) is 36.1 Å². The molecular formula is C25H23N5O3. The molecule has 3 N–H and O–H groups in total. The highest BCUT2D eigenvalue weighted by atomic mass is 16.2. The molecule has 1 aliphatic carbocycles. The normalized spacial score (nSPS) is 14.1. The number of hydrogen-bond acceptors (Lipinski definition) is 4.